The van der Waals surface area contributed by atoms with Crippen molar-refractivity contribution in [2.45, 2.75) is 32.5 Å². The van der Waals surface area contributed by atoms with Crippen LogP contribution in [-0.4, -0.2) is 44.4 Å². The Morgan fingerprint density at radius 1 is 0.949 bits per heavy atom. The highest BCUT2D eigenvalue weighted by Crippen LogP contribution is 2.49. The molecule has 3 heterocycles. The fraction of sp³-hybridized carbons (Fsp3) is 0.333. The number of piperazine rings is 1. The normalized spacial score (nSPS) is 22.6. The highest BCUT2D eigenvalue weighted by Gasteiger charge is 2.60. The van der Waals surface area contributed by atoms with Gasteiger partial charge in [-0.25, -0.2) is 0 Å². The molecule has 202 valence electrons. The van der Waals surface area contributed by atoms with Crippen molar-refractivity contribution in [2.75, 3.05) is 41.6 Å². The second-order valence-corrected chi connectivity index (χ2v) is 10.5. The van der Waals surface area contributed by atoms with Gasteiger partial charge >= 0.3 is 6.18 Å². The molecule has 0 saturated carbocycles. The SMILES string of the molecule is COc1ccc(N2CCN3c4ccc(C(F)(F)F)cc4C[C@]4(C(=O)N(c5ccc(C)cc5)N=C4C)[C@@H]3C2)cc1. The summed E-state index contributed by atoms with van der Waals surface area (Å²) in [6.07, 6.45) is -4.32. The number of nitrogens with zero attached hydrogens (tertiary/aromatic N) is 4. The van der Waals surface area contributed by atoms with Crippen molar-refractivity contribution in [3.8, 4) is 5.75 Å². The number of benzene rings is 3. The minimum Gasteiger partial charge on any atom is -0.497 e. The maximum absolute atomic E-state index is 14.4. The Kier molecular flexibility index (Phi) is 5.86. The van der Waals surface area contributed by atoms with Gasteiger partial charge in [0.1, 0.15) is 11.2 Å². The molecule has 3 aromatic carbocycles. The van der Waals surface area contributed by atoms with Gasteiger partial charge in [-0.1, -0.05) is 17.7 Å². The molecule has 1 saturated heterocycles. The molecular formula is C30H29F3N4O2. The zero-order valence-electron chi connectivity index (χ0n) is 22.0. The van der Waals surface area contributed by atoms with Crippen molar-refractivity contribution in [2.24, 2.45) is 10.5 Å². The first-order valence-electron chi connectivity index (χ1n) is 12.9. The van der Waals surface area contributed by atoms with Crippen LogP contribution in [0, 0.1) is 12.3 Å². The molecular weight excluding hydrogens is 505 g/mol. The summed E-state index contributed by atoms with van der Waals surface area (Å²) >= 11 is 0. The maximum atomic E-state index is 14.4. The zero-order valence-corrected chi connectivity index (χ0v) is 22.0. The van der Waals surface area contributed by atoms with Gasteiger partial charge in [0.25, 0.3) is 5.91 Å². The van der Waals surface area contributed by atoms with Gasteiger partial charge in [-0.2, -0.15) is 23.3 Å². The minimum absolute atomic E-state index is 0.153. The molecule has 3 aromatic rings. The second kappa shape index (κ2) is 9.03. The smallest absolute Gasteiger partial charge is 0.416 e. The van der Waals surface area contributed by atoms with Crippen molar-refractivity contribution in [3.05, 3.63) is 83.4 Å². The molecule has 1 amide bonds. The molecule has 0 radical (unpaired) electrons. The van der Waals surface area contributed by atoms with E-state index in [4.69, 9.17) is 9.84 Å². The Morgan fingerprint density at radius 3 is 2.31 bits per heavy atom. The summed E-state index contributed by atoms with van der Waals surface area (Å²) in [7, 11) is 1.62. The van der Waals surface area contributed by atoms with Crippen LogP contribution < -0.4 is 19.5 Å². The fourth-order valence-electron chi connectivity index (χ4n) is 6.20. The van der Waals surface area contributed by atoms with Gasteiger partial charge in [0, 0.05) is 31.0 Å². The van der Waals surface area contributed by atoms with E-state index in [1.807, 2.05) is 62.4 Å². The van der Waals surface area contributed by atoms with Crippen LogP contribution in [0.5, 0.6) is 5.75 Å². The van der Waals surface area contributed by atoms with E-state index in [2.05, 4.69) is 9.80 Å². The first kappa shape index (κ1) is 25.3. The number of hydrogen-bond acceptors (Lipinski definition) is 5. The number of amides is 1. The lowest BCUT2D eigenvalue weighted by Crippen LogP contribution is -2.67. The zero-order chi connectivity index (χ0) is 27.5. The number of hydrogen-bond donors (Lipinski definition) is 0. The van der Waals surface area contributed by atoms with E-state index in [1.165, 1.54) is 11.1 Å². The monoisotopic (exact) mass is 534 g/mol. The van der Waals surface area contributed by atoms with Gasteiger partial charge in [0.2, 0.25) is 0 Å². The summed E-state index contributed by atoms with van der Waals surface area (Å²) in [5, 5.41) is 6.15. The predicted octanol–water partition coefficient (Wildman–Crippen LogP) is 5.68. The molecule has 0 unspecified atom stereocenters. The molecule has 2 atom stereocenters. The molecule has 0 aliphatic carbocycles. The number of fused-ring (bicyclic) bond motifs is 4. The fourth-order valence-corrected chi connectivity index (χ4v) is 6.20. The summed E-state index contributed by atoms with van der Waals surface area (Å²) in [6, 6.07) is 18.9. The number of aryl methyl sites for hydroxylation is 1. The van der Waals surface area contributed by atoms with E-state index in [0.29, 0.717) is 36.6 Å². The summed E-state index contributed by atoms with van der Waals surface area (Å²) in [5.41, 5.74) is 2.78. The first-order valence-corrected chi connectivity index (χ1v) is 12.9. The van der Waals surface area contributed by atoms with Crippen molar-refractivity contribution in [3.63, 3.8) is 0 Å². The predicted molar refractivity (Wildman–Crippen MR) is 146 cm³/mol. The van der Waals surface area contributed by atoms with E-state index in [1.54, 1.807) is 13.2 Å². The molecule has 0 N–H and O–H groups in total. The third-order valence-corrected chi connectivity index (χ3v) is 8.32. The van der Waals surface area contributed by atoms with E-state index < -0.39 is 17.2 Å². The highest BCUT2D eigenvalue weighted by atomic mass is 19.4. The Bertz CT molecular complexity index is 1450. The van der Waals surface area contributed by atoms with Crippen LogP contribution in [0.25, 0.3) is 0 Å². The number of halogens is 3. The van der Waals surface area contributed by atoms with Crippen LogP contribution in [0.15, 0.2) is 71.8 Å². The van der Waals surface area contributed by atoms with Crippen LogP contribution in [0.2, 0.25) is 0 Å². The largest absolute Gasteiger partial charge is 0.497 e. The van der Waals surface area contributed by atoms with Gasteiger partial charge in [0.15, 0.2) is 0 Å². The molecule has 3 aliphatic heterocycles. The number of carbonyl (C=O) groups excluding carboxylic acids is 1. The molecule has 3 aliphatic rings. The number of rotatable bonds is 3. The quantitative estimate of drug-likeness (QED) is 0.434. The lowest BCUT2D eigenvalue weighted by Gasteiger charge is -2.53. The minimum atomic E-state index is -4.47. The van der Waals surface area contributed by atoms with Gasteiger partial charge in [-0.3, -0.25) is 4.79 Å². The highest BCUT2D eigenvalue weighted by molar-refractivity contribution is 6.20. The molecule has 9 heteroatoms. The lowest BCUT2D eigenvalue weighted by atomic mass is 9.67. The Hall–Kier alpha value is -4.01. The first-order chi connectivity index (χ1) is 18.6. The number of hydrazone groups is 1. The number of ether oxygens (including phenoxy) is 1. The summed E-state index contributed by atoms with van der Waals surface area (Å²) in [4.78, 5) is 18.7. The van der Waals surface area contributed by atoms with Crippen LogP contribution >= 0.6 is 0 Å². The van der Waals surface area contributed by atoms with E-state index >= 15 is 0 Å². The summed E-state index contributed by atoms with van der Waals surface area (Å²) < 4.78 is 46.4. The van der Waals surface area contributed by atoms with Crippen LogP contribution in [0.4, 0.5) is 30.2 Å². The number of carbonyl (C=O) groups is 1. The molecule has 39 heavy (non-hydrogen) atoms. The Balaban J connectivity index is 1.45. The van der Waals surface area contributed by atoms with Crippen LogP contribution in [0.1, 0.15) is 23.6 Å². The van der Waals surface area contributed by atoms with E-state index in [-0.39, 0.29) is 18.4 Å². The average molecular weight is 535 g/mol. The molecule has 0 bridgehead atoms. The average Bonchev–Trinajstić information content (AvgIpc) is 3.18. The third kappa shape index (κ3) is 4.02. The van der Waals surface area contributed by atoms with Gasteiger partial charge < -0.3 is 14.5 Å². The van der Waals surface area contributed by atoms with Gasteiger partial charge in [-0.05, 0) is 80.4 Å². The van der Waals surface area contributed by atoms with Crippen molar-refractivity contribution >= 4 is 28.7 Å². The molecule has 6 rings (SSSR count). The Morgan fingerprint density at radius 2 is 1.64 bits per heavy atom. The Labute approximate surface area is 225 Å². The second-order valence-electron chi connectivity index (χ2n) is 10.5. The van der Waals surface area contributed by atoms with Crippen molar-refractivity contribution in [1.82, 2.24) is 0 Å². The van der Waals surface area contributed by atoms with Gasteiger partial charge in [-0.15, -0.1) is 0 Å². The molecule has 0 aromatic heterocycles. The van der Waals surface area contributed by atoms with E-state index in [0.717, 1.165) is 28.8 Å². The standard InChI is InChI=1S/C30H29F3N4O2/c1-19-4-7-24(8-5-19)37-28(38)29(20(2)34-37)17-21-16-22(30(31,32)33)6-13-26(21)36-15-14-35(18-27(29)36)23-9-11-25(39-3)12-10-23/h4-13,16,27H,14-15,17-18H2,1-3H3/t27-,29+/m0/s1. The molecule has 1 spiro atoms. The number of alkyl halides is 3. The number of methoxy groups -OCH3 is 1. The summed E-state index contributed by atoms with van der Waals surface area (Å²) in [5.74, 6) is 0.544. The lowest BCUT2D eigenvalue weighted by molar-refractivity contribution is -0.137. The van der Waals surface area contributed by atoms with Crippen LogP contribution in [0.3, 0.4) is 0 Å². The van der Waals surface area contributed by atoms with Crippen molar-refractivity contribution < 1.29 is 22.7 Å². The number of anilines is 3. The molecule has 6 nitrogen and oxygen atoms in total. The third-order valence-electron chi connectivity index (χ3n) is 8.32. The van der Waals surface area contributed by atoms with Gasteiger partial charge in [0.05, 0.1) is 30.1 Å². The molecule has 1 fully saturated rings. The van der Waals surface area contributed by atoms with E-state index in [9.17, 15) is 18.0 Å². The maximum Gasteiger partial charge on any atom is 0.416 e. The summed E-state index contributed by atoms with van der Waals surface area (Å²) in [6.45, 7) is 5.53. The van der Waals surface area contributed by atoms with Crippen molar-refractivity contribution in [1.29, 1.82) is 0 Å². The van der Waals surface area contributed by atoms with Crippen LogP contribution in [-0.2, 0) is 17.4 Å². The topological polar surface area (TPSA) is 48.4 Å².